The van der Waals surface area contributed by atoms with Gasteiger partial charge in [0, 0.05) is 36.6 Å². The minimum atomic E-state index is 0.621. The van der Waals surface area contributed by atoms with Gasteiger partial charge in [0.1, 0.15) is 5.82 Å². The van der Waals surface area contributed by atoms with E-state index in [0.29, 0.717) is 11.6 Å². The zero-order valence-electron chi connectivity index (χ0n) is 14.2. The van der Waals surface area contributed by atoms with E-state index in [1.807, 2.05) is 12.1 Å². The van der Waals surface area contributed by atoms with Crippen LogP contribution in [-0.2, 0) is 25.9 Å². The van der Waals surface area contributed by atoms with Gasteiger partial charge in [-0.25, -0.2) is 0 Å². The fourth-order valence-corrected chi connectivity index (χ4v) is 3.44. The molecule has 0 atom stereocenters. The van der Waals surface area contributed by atoms with Crippen molar-refractivity contribution in [3.8, 4) is 0 Å². The fraction of sp³-hybridized carbons (Fsp3) is 0.471. The van der Waals surface area contributed by atoms with Gasteiger partial charge in [-0.1, -0.05) is 29.3 Å². The maximum atomic E-state index is 6.20. The van der Waals surface area contributed by atoms with Crippen LogP contribution in [0.3, 0.4) is 0 Å². The molecule has 1 aliphatic heterocycles. The predicted octanol–water partition coefficient (Wildman–Crippen LogP) is 2.83. The van der Waals surface area contributed by atoms with E-state index in [9.17, 15) is 0 Å². The van der Waals surface area contributed by atoms with Gasteiger partial charge in [-0.3, -0.25) is 4.99 Å². The third kappa shape index (κ3) is 4.64. The number of nitrogens with one attached hydrogen (secondary N) is 2. The van der Waals surface area contributed by atoms with E-state index in [1.54, 1.807) is 13.1 Å². The molecule has 1 aromatic carbocycles. The number of nitrogens with zero attached hydrogens (tertiary/aromatic N) is 4. The molecule has 0 bridgehead atoms. The maximum absolute atomic E-state index is 6.20. The first-order valence-corrected chi connectivity index (χ1v) is 9.22. The summed E-state index contributed by atoms with van der Waals surface area (Å²) < 4.78 is 2.18. The molecule has 0 amide bonds. The van der Waals surface area contributed by atoms with Crippen molar-refractivity contribution in [3.05, 3.63) is 45.5 Å². The Balaban J connectivity index is 1.42. The highest BCUT2D eigenvalue weighted by molar-refractivity contribution is 6.35. The quantitative estimate of drug-likeness (QED) is 0.459. The maximum Gasteiger partial charge on any atom is 0.191 e. The number of aliphatic imine (C=N–C) groups is 1. The van der Waals surface area contributed by atoms with Gasteiger partial charge in [0.05, 0.1) is 6.54 Å². The SMILES string of the molecule is CN=C(NCCCc1ccc(Cl)cc1Cl)NCc1nnc2n1CCC2. The van der Waals surface area contributed by atoms with E-state index in [-0.39, 0.29) is 0 Å². The molecule has 2 aromatic rings. The van der Waals surface area contributed by atoms with Crippen molar-refractivity contribution in [1.29, 1.82) is 0 Å². The Morgan fingerprint density at radius 2 is 2.16 bits per heavy atom. The monoisotopic (exact) mass is 380 g/mol. The molecule has 0 unspecified atom stereocenters. The Hall–Kier alpha value is -1.79. The number of aryl methyl sites for hydroxylation is 2. The minimum Gasteiger partial charge on any atom is -0.356 e. The summed E-state index contributed by atoms with van der Waals surface area (Å²) in [5.74, 6) is 2.81. The van der Waals surface area contributed by atoms with Crippen molar-refractivity contribution in [3.63, 3.8) is 0 Å². The van der Waals surface area contributed by atoms with E-state index >= 15 is 0 Å². The first-order chi connectivity index (χ1) is 12.2. The van der Waals surface area contributed by atoms with E-state index in [2.05, 4.69) is 30.4 Å². The number of fused-ring (bicyclic) bond motifs is 1. The predicted molar refractivity (Wildman–Crippen MR) is 101 cm³/mol. The second-order valence-electron chi connectivity index (χ2n) is 5.98. The number of hydrogen-bond acceptors (Lipinski definition) is 3. The first kappa shape index (κ1) is 18.0. The highest BCUT2D eigenvalue weighted by Gasteiger charge is 2.16. The first-order valence-electron chi connectivity index (χ1n) is 8.47. The molecule has 1 aliphatic rings. The molecule has 0 spiro atoms. The molecule has 0 aliphatic carbocycles. The van der Waals surface area contributed by atoms with Gasteiger partial charge < -0.3 is 15.2 Å². The lowest BCUT2D eigenvalue weighted by Crippen LogP contribution is -2.38. The van der Waals surface area contributed by atoms with Crippen LogP contribution in [0.5, 0.6) is 0 Å². The largest absolute Gasteiger partial charge is 0.356 e. The van der Waals surface area contributed by atoms with E-state index in [4.69, 9.17) is 23.2 Å². The zero-order chi connectivity index (χ0) is 17.6. The van der Waals surface area contributed by atoms with Crippen LogP contribution in [0.15, 0.2) is 23.2 Å². The summed E-state index contributed by atoms with van der Waals surface area (Å²) in [6, 6.07) is 5.63. The highest BCUT2D eigenvalue weighted by Crippen LogP contribution is 2.21. The van der Waals surface area contributed by atoms with Crippen LogP contribution in [0.1, 0.15) is 30.1 Å². The van der Waals surface area contributed by atoms with Crippen LogP contribution in [0, 0.1) is 0 Å². The molecule has 134 valence electrons. The van der Waals surface area contributed by atoms with Crippen LogP contribution < -0.4 is 10.6 Å². The molecule has 0 saturated heterocycles. The van der Waals surface area contributed by atoms with Gasteiger partial charge in [-0.05, 0) is 37.0 Å². The normalized spacial score (nSPS) is 13.8. The molecular formula is C17H22Cl2N6. The molecule has 0 fully saturated rings. The number of hydrogen-bond donors (Lipinski definition) is 2. The molecular weight excluding hydrogens is 359 g/mol. The minimum absolute atomic E-state index is 0.621. The molecule has 0 saturated carbocycles. The molecule has 6 nitrogen and oxygen atoms in total. The summed E-state index contributed by atoms with van der Waals surface area (Å²) >= 11 is 12.1. The summed E-state index contributed by atoms with van der Waals surface area (Å²) in [4.78, 5) is 4.25. The molecule has 25 heavy (non-hydrogen) atoms. The standard InChI is InChI=1S/C17H22Cl2N6/c1-20-17(22-11-16-24-23-15-5-3-9-25(15)16)21-8-2-4-12-6-7-13(18)10-14(12)19/h6-7,10H,2-5,8-9,11H2,1H3,(H2,20,21,22). The van der Waals surface area contributed by atoms with Crippen LogP contribution in [0.2, 0.25) is 10.0 Å². The van der Waals surface area contributed by atoms with Crippen molar-refractivity contribution in [1.82, 2.24) is 25.4 Å². The van der Waals surface area contributed by atoms with Gasteiger partial charge in [0.25, 0.3) is 0 Å². The summed E-state index contributed by atoms with van der Waals surface area (Å²) in [6.07, 6.45) is 4.01. The lowest BCUT2D eigenvalue weighted by Gasteiger charge is -2.12. The summed E-state index contributed by atoms with van der Waals surface area (Å²) in [5.41, 5.74) is 1.11. The second-order valence-corrected chi connectivity index (χ2v) is 6.82. The summed E-state index contributed by atoms with van der Waals surface area (Å²) in [5, 5.41) is 16.4. The van der Waals surface area contributed by atoms with Crippen molar-refractivity contribution >= 4 is 29.2 Å². The smallest absolute Gasteiger partial charge is 0.191 e. The molecule has 3 rings (SSSR count). The van der Waals surface area contributed by atoms with Gasteiger partial charge >= 0.3 is 0 Å². The molecule has 8 heteroatoms. The number of guanidine groups is 1. The van der Waals surface area contributed by atoms with Gasteiger partial charge in [0.15, 0.2) is 11.8 Å². The van der Waals surface area contributed by atoms with Crippen LogP contribution in [0.4, 0.5) is 0 Å². The molecule has 2 N–H and O–H groups in total. The van der Waals surface area contributed by atoms with Gasteiger partial charge in [0.2, 0.25) is 0 Å². The Labute approximate surface area is 157 Å². The zero-order valence-corrected chi connectivity index (χ0v) is 15.7. The summed E-state index contributed by atoms with van der Waals surface area (Å²) in [7, 11) is 1.76. The lowest BCUT2D eigenvalue weighted by molar-refractivity contribution is 0.660. The molecule has 2 heterocycles. The number of benzene rings is 1. The number of halogens is 2. The van der Waals surface area contributed by atoms with Gasteiger partial charge in [-0.2, -0.15) is 0 Å². The van der Waals surface area contributed by atoms with E-state index < -0.39 is 0 Å². The Kier molecular flexibility index (Phi) is 6.15. The average molecular weight is 381 g/mol. The highest BCUT2D eigenvalue weighted by atomic mass is 35.5. The summed E-state index contributed by atoms with van der Waals surface area (Å²) in [6.45, 7) is 2.43. The molecule has 0 radical (unpaired) electrons. The topological polar surface area (TPSA) is 67.1 Å². The fourth-order valence-electron chi connectivity index (χ4n) is 2.93. The Bertz CT molecular complexity index is 756. The van der Waals surface area contributed by atoms with Crippen molar-refractivity contribution in [2.45, 2.75) is 38.8 Å². The van der Waals surface area contributed by atoms with Crippen LogP contribution >= 0.6 is 23.2 Å². The Morgan fingerprint density at radius 1 is 1.28 bits per heavy atom. The third-order valence-corrected chi connectivity index (χ3v) is 4.84. The van der Waals surface area contributed by atoms with Crippen molar-refractivity contribution in [2.24, 2.45) is 4.99 Å². The average Bonchev–Trinajstić information content (AvgIpc) is 3.20. The second kappa shape index (κ2) is 8.54. The van der Waals surface area contributed by atoms with E-state index in [0.717, 1.165) is 67.0 Å². The number of aromatic nitrogens is 3. The third-order valence-electron chi connectivity index (χ3n) is 4.25. The van der Waals surface area contributed by atoms with Gasteiger partial charge in [-0.15, -0.1) is 10.2 Å². The van der Waals surface area contributed by atoms with E-state index in [1.165, 1.54) is 0 Å². The van der Waals surface area contributed by atoms with Crippen molar-refractivity contribution in [2.75, 3.05) is 13.6 Å². The van der Waals surface area contributed by atoms with Crippen LogP contribution in [0.25, 0.3) is 0 Å². The lowest BCUT2D eigenvalue weighted by atomic mass is 10.1. The van der Waals surface area contributed by atoms with Crippen molar-refractivity contribution < 1.29 is 0 Å². The molecule has 1 aromatic heterocycles. The van der Waals surface area contributed by atoms with Crippen LogP contribution in [-0.4, -0.2) is 34.3 Å². The Morgan fingerprint density at radius 3 is 2.96 bits per heavy atom. The number of rotatable bonds is 6.